The van der Waals surface area contributed by atoms with Crippen molar-refractivity contribution >= 4 is 95.2 Å². The van der Waals surface area contributed by atoms with Crippen molar-refractivity contribution in [2.45, 2.75) is 0 Å². The van der Waals surface area contributed by atoms with Gasteiger partial charge in [0.25, 0.3) is 0 Å². The van der Waals surface area contributed by atoms with E-state index < -0.39 is 14.3 Å². The summed E-state index contributed by atoms with van der Waals surface area (Å²) in [6.07, 6.45) is 1.78. The first-order valence-corrected chi connectivity index (χ1v) is 25.1. The average Bonchev–Trinajstić information content (AvgIpc) is 3.78. The summed E-state index contributed by atoms with van der Waals surface area (Å²) < 4.78 is 33.1. The molecule has 3 heterocycles. The maximum absolute atomic E-state index is 15.7. The number of fused-ring (bicyclic) bond motifs is 9. The second kappa shape index (κ2) is 15.5. The van der Waals surface area contributed by atoms with Crippen molar-refractivity contribution in [2.75, 3.05) is 0 Å². The molecule has 0 bridgehead atoms. The Morgan fingerprint density at radius 3 is 1.49 bits per heavy atom. The van der Waals surface area contributed by atoms with Crippen LogP contribution in [0.4, 0.5) is 0 Å². The van der Waals surface area contributed by atoms with Gasteiger partial charge in [-0.15, -0.1) is 0 Å². The van der Waals surface area contributed by atoms with E-state index in [4.69, 9.17) is 9.97 Å². The number of aromatic nitrogens is 3. The van der Waals surface area contributed by atoms with Crippen molar-refractivity contribution in [2.24, 2.45) is 0 Å². The van der Waals surface area contributed by atoms with Crippen LogP contribution in [0.15, 0.2) is 237 Å². The molecule has 9 aromatic carbocycles. The molecule has 0 N–H and O–H groups in total. The number of imidazole rings is 1. The Balaban J connectivity index is 1.03. The van der Waals surface area contributed by atoms with E-state index in [-0.39, 0.29) is 0 Å². The molecule has 308 valence electrons. The van der Waals surface area contributed by atoms with E-state index in [1.165, 1.54) is 0 Å². The lowest BCUT2D eigenvalue weighted by Gasteiger charge is -2.22. The summed E-state index contributed by atoms with van der Waals surface area (Å²) in [5, 5.41) is 9.94. The Labute approximate surface area is 376 Å². The molecule has 0 aliphatic heterocycles. The number of hydrogen-bond acceptors (Lipinski definition) is 4. The van der Waals surface area contributed by atoms with Crippen molar-refractivity contribution in [3.05, 3.63) is 237 Å². The number of benzene rings is 9. The van der Waals surface area contributed by atoms with Gasteiger partial charge in [0, 0.05) is 54.4 Å². The lowest BCUT2D eigenvalue weighted by Crippen LogP contribution is -2.25. The summed E-state index contributed by atoms with van der Waals surface area (Å²) in [6.45, 7) is 0. The van der Waals surface area contributed by atoms with Gasteiger partial charge in [0.1, 0.15) is 5.65 Å². The maximum atomic E-state index is 15.7. The van der Waals surface area contributed by atoms with Gasteiger partial charge in [-0.3, -0.25) is 9.38 Å². The van der Waals surface area contributed by atoms with E-state index in [2.05, 4.69) is 95.4 Å². The molecule has 3 aromatic heterocycles. The predicted octanol–water partition coefficient (Wildman–Crippen LogP) is 12.0. The van der Waals surface area contributed by atoms with Gasteiger partial charge < -0.3 is 9.13 Å². The lowest BCUT2D eigenvalue weighted by atomic mass is 9.98. The van der Waals surface area contributed by atoms with E-state index in [1.54, 1.807) is 6.20 Å². The third-order valence-corrected chi connectivity index (χ3v) is 19.0. The van der Waals surface area contributed by atoms with Crippen LogP contribution in [0.5, 0.6) is 0 Å². The minimum atomic E-state index is -3.25. The molecular weight excluding hydrogens is 833 g/mol. The minimum absolute atomic E-state index is 0.685. The quantitative estimate of drug-likeness (QED) is 0.113. The zero-order valence-electron chi connectivity index (χ0n) is 35.1. The zero-order valence-corrected chi connectivity index (χ0v) is 36.9. The van der Waals surface area contributed by atoms with Crippen LogP contribution in [0.3, 0.4) is 0 Å². The zero-order chi connectivity index (χ0) is 43.5. The number of pyridine rings is 2. The Morgan fingerprint density at radius 1 is 0.369 bits per heavy atom. The number of nitrogens with zero attached hydrogens (tertiary/aromatic N) is 3. The van der Waals surface area contributed by atoms with Crippen molar-refractivity contribution in [1.82, 2.24) is 14.4 Å². The molecule has 0 spiro atoms. The largest absolute Gasteiger partial charge is 0.309 e. The van der Waals surface area contributed by atoms with Crippen LogP contribution in [-0.2, 0) is 9.13 Å². The maximum Gasteiger partial charge on any atom is 0.172 e. The average molecular weight is 872 g/mol. The summed E-state index contributed by atoms with van der Waals surface area (Å²) in [6, 6.07) is 77.1. The molecule has 7 heteroatoms. The minimum Gasteiger partial charge on any atom is -0.309 e. The molecule has 0 radical (unpaired) electrons. The SMILES string of the molecule is O=P(c1ccccc1)(c1ccccc1)c1ccc(-c2ccc3c4ccccc4c4nc5ccc(-c6ccc(P(=O)(c7ccccc7)c7ccccc7)c7ccccc67)cc5n4c3c2)nc1. The molecule has 0 fully saturated rings. The summed E-state index contributed by atoms with van der Waals surface area (Å²) in [7, 11) is -6.43. The van der Waals surface area contributed by atoms with Crippen LogP contribution >= 0.6 is 14.3 Å². The van der Waals surface area contributed by atoms with Gasteiger partial charge in [-0.1, -0.05) is 194 Å². The molecule has 0 amide bonds. The first-order chi connectivity index (χ1) is 32.0. The molecule has 5 nitrogen and oxygen atoms in total. The highest BCUT2D eigenvalue weighted by atomic mass is 31.2. The van der Waals surface area contributed by atoms with Gasteiger partial charge in [-0.05, 0) is 63.7 Å². The van der Waals surface area contributed by atoms with Gasteiger partial charge in [0.05, 0.1) is 22.2 Å². The predicted molar refractivity (Wildman–Crippen MR) is 273 cm³/mol. The highest BCUT2D eigenvalue weighted by Gasteiger charge is 2.32. The van der Waals surface area contributed by atoms with Crippen LogP contribution < -0.4 is 31.8 Å². The molecule has 0 atom stereocenters. The fourth-order valence-corrected chi connectivity index (χ4v) is 15.1. The number of hydrogen-bond donors (Lipinski definition) is 0. The fraction of sp³-hybridized carbons (Fsp3) is 0. The van der Waals surface area contributed by atoms with Crippen molar-refractivity contribution in [3.63, 3.8) is 0 Å². The summed E-state index contributed by atoms with van der Waals surface area (Å²) >= 11 is 0. The van der Waals surface area contributed by atoms with E-state index in [0.717, 1.165) is 98.0 Å². The smallest absolute Gasteiger partial charge is 0.172 e. The third kappa shape index (κ3) is 6.23. The number of rotatable bonds is 8. The summed E-state index contributed by atoms with van der Waals surface area (Å²) in [5.41, 5.74) is 7.55. The molecule has 65 heavy (non-hydrogen) atoms. The van der Waals surface area contributed by atoms with Crippen LogP contribution in [-0.4, -0.2) is 14.4 Å². The first kappa shape index (κ1) is 39.0. The molecule has 12 rings (SSSR count). The Kier molecular flexibility index (Phi) is 9.31. The molecule has 0 aliphatic carbocycles. The second-order valence-electron chi connectivity index (χ2n) is 16.4. The highest BCUT2D eigenvalue weighted by Crippen LogP contribution is 2.46. The van der Waals surface area contributed by atoms with Crippen molar-refractivity contribution < 1.29 is 9.13 Å². The van der Waals surface area contributed by atoms with Gasteiger partial charge in [0.15, 0.2) is 14.3 Å². The molecular formula is C58H39N3O2P2. The molecule has 0 saturated heterocycles. The van der Waals surface area contributed by atoms with Gasteiger partial charge in [-0.2, -0.15) is 0 Å². The van der Waals surface area contributed by atoms with Crippen molar-refractivity contribution in [3.8, 4) is 22.4 Å². The second-order valence-corrected chi connectivity index (χ2v) is 21.9. The molecule has 0 saturated carbocycles. The normalized spacial score (nSPS) is 12.1. The van der Waals surface area contributed by atoms with Crippen LogP contribution in [0, 0.1) is 0 Å². The van der Waals surface area contributed by atoms with Gasteiger partial charge in [0.2, 0.25) is 0 Å². The monoisotopic (exact) mass is 871 g/mol. The van der Waals surface area contributed by atoms with E-state index in [9.17, 15) is 0 Å². The standard InChI is InChI=1S/C58H39N3O2P2/c62-64(42-17-5-1-6-18-42,43-19-7-2-8-20-43)46-31-35-53(59-39-46)41-29-32-50-49-26-14-16-28-52(49)58-60-54-34-30-40(37-56(54)61(58)55(50)38-41)47-33-36-57(51-27-15-13-25-48(47)51)65(63,44-21-9-3-10-22-44)45-23-11-4-12-24-45/h1-39H. The Morgan fingerprint density at radius 2 is 0.892 bits per heavy atom. The van der Waals surface area contributed by atoms with Crippen LogP contribution in [0.25, 0.3) is 71.5 Å². The van der Waals surface area contributed by atoms with Gasteiger partial charge in [-0.25, -0.2) is 4.98 Å². The van der Waals surface area contributed by atoms with Crippen molar-refractivity contribution in [1.29, 1.82) is 0 Å². The first-order valence-electron chi connectivity index (χ1n) is 21.7. The van der Waals surface area contributed by atoms with Crippen LogP contribution in [0.2, 0.25) is 0 Å². The van der Waals surface area contributed by atoms with E-state index >= 15 is 9.13 Å². The highest BCUT2D eigenvalue weighted by molar-refractivity contribution is 7.86. The topological polar surface area (TPSA) is 64.3 Å². The van der Waals surface area contributed by atoms with Gasteiger partial charge >= 0.3 is 0 Å². The lowest BCUT2D eigenvalue weighted by molar-refractivity contribution is 0.591. The molecule has 12 aromatic rings. The fourth-order valence-electron chi connectivity index (χ4n) is 9.66. The summed E-state index contributed by atoms with van der Waals surface area (Å²) in [4.78, 5) is 10.3. The molecule has 0 unspecified atom stereocenters. The van der Waals surface area contributed by atoms with E-state index in [1.807, 2.05) is 140 Å². The molecule has 0 aliphatic rings. The van der Waals surface area contributed by atoms with Crippen LogP contribution in [0.1, 0.15) is 0 Å². The summed E-state index contributed by atoms with van der Waals surface area (Å²) in [5.74, 6) is 0. The Hall–Kier alpha value is -7.68. The Bertz CT molecular complexity index is 3790. The van der Waals surface area contributed by atoms with E-state index in [0.29, 0.717) is 5.30 Å². The third-order valence-electron chi connectivity index (χ3n) is 12.8.